The van der Waals surface area contributed by atoms with Crippen LogP contribution in [0, 0.1) is 5.92 Å². The largest absolute Gasteiger partial charge is 0.475 e. The van der Waals surface area contributed by atoms with Crippen LogP contribution in [0.1, 0.15) is 62.8 Å². The standard InChI is InChI=1S/C18H28N2O5/c1-18(2,3)25-17(23)20-11-14(12-6-4-5-7-12)19-10-13-8-9-15(24-13)16(21)22/h8-9,12,14,19H,4-7,10-11H2,1-3H3,(H,20,23)(H,21,22). The Bertz CT molecular complexity index is 585. The van der Waals surface area contributed by atoms with Gasteiger partial charge in [0.2, 0.25) is 5.76 Å². The first-order chi connectivity index (χ1) is 11.7. The maximum absolute atomic E-state index is 11.9. The zero-order chi connectivity index (χ0) is 18.4. The van der Waals surface area contributed by atoms with E-state index in [0.29, 0.717) is 24.8 Å². The summed E-state index contributed by atoms with van der Waals surface area (Å²) in [5.41, 5.74) is -0.526. The van der Waals surface area contributed by atoms with E-state index < -0.39 is 17.7 Å². The summed E-state index contributed by atoms with van der Waals surface area (Å²) < 4.78 is 10.6. The highest BCUT2D eigenvalue weighted by molar-refractivity contribution is 5.84. The van der Waals surface area contributed by atoms with Gasteiger partial charge in [-0.25, -0.2) is 9.59 Å². The lowest BCUT2D eigenvalue weighted by Crippen LogP contribution is -2.45. The van der Waals surface area contributed by atoms with Crippen molar-refractivity contribution >= 4 is 12.1 Å². The molecule has 0 radical (unpaired) electrons. The third-order valence-corrected chi connectivity index (χ3v) is 4.24. The van der Waals surface area contributed by atoms with Crippen LogP contribution in [0.4, 0.5) is 4.79 Å². The first-order valence-corrected chi connectivity index (χ1v) is 8.77. The molecule has 2 rings (SSSR count). The van der Waals surface area contributed by atoms with Gasteiger partial charge in [0.1, 0.15) is 11.4 Å². The molecule has 1 aliphatic carbocycles. The number of aromatic carboxylic acids is 1. The number of hydrogen-bond acceptors (Lipinski definition) is 5. The van der Waals surface area contributed by atoms with E-state index in [2.05, 4.69) is 10.6 Å². The van der Waals surface area contributed by atoms with Crippen LogP contribution in [0.5, 0.6) is 0 Å². The number of nitrogens with one attached hydrogen (secondary N) is 2. The van der Waals surface area contributed by atoms with Gasteiger partial charge in [-0.3, -0.25) is 0 Å². The normalized spacial score (nSPS) is 16.6. The molecule has 1 aromatic heterocycles. The van der Waals surface area contributed by atoms with Gasteiger partial charge in [-0.05, 0) is 51.7 Å². The quantitative estimate of drug-likeness (QED) is 0.697. The molecule has 0 aliphatic heterocycles. The van der Waals surface area contributed by atoms with Gasteiger partial charge in [0.25, 0.3) is 0 Å². The fourth-order valence-electron chi connectivity index (χ4n) is 3.09. The average molecular weight is 352 g/mol. The summed E-state index contributed by atoms with van der Waals surface area (Å²) in [5, 5.41) is 15.1. The van der Waals surface area contributed by atoms with Gasteiger partial charge >= 0.3 is 12.1 Å². The Labute approximate surface area is 148 Å². The molecule has 1 fully saturated rings. The second-order valence-electron chi connectivity index (χ2n) is 7.49. The van der Waals surface area contributed by atoms with Crippen LogP contribution in [-0.4, -0.2) is 35.4 Å². The molecule has 0 spiro atoms. The molecule has 1 aliphatic rings. The van der Waals surface area contributed by atoms with Gasteiger partial charge in [-0.2, -0.15) is 0 Å². The zero-order valence-electron chi connectivity index (χ0n) is 15.1. The summed E-state index contributed by atoms with van der Waals surface area (Å²) in [6.07, 6.45) is 4.19. The fraction of sp³-hybridized carbons (Fsp3) is 0.667. The number of amides is 1. The Morgan fingerprint density at radius 3 is 2.56 bits per heavy atom. The minimum Gasteiger partial charge on any atom is -0.475 e. The summed E-state index contributed by atoms with van der Waals surface area (Å²) in [7, 11) is 0. The van der Waals surface area contributed by atoms with Crippen molar-refractivity contribution in [3.63, 3.8) is 0 Å². The van der Waals surface area contributed by atoms with E-state index in [1.807, 2.05) is 20.8 Å². The van der Waals surface area contributed by atoms with Crippen LogP contribution < -0.4 is 10.6 Å². The van der Waals surface area contributed by atoms with Gasteiger partial charge in [-0.15, -0.1) is 0 Å². The topological polar surface area (TPSA) is 101 Å². The van der Waals surface area contributed by atoms with Crippen molar-refractivity contribution in [2.45, 2.75) is 64.6 Å². The number of rotatable bonds is 7. The summed E-state index contributed by atoms with van der Waals surface area (Å²) in [4.78, 5) is 22.8. The molecule has 1 atom stereocenters. The van der Waals surface area contributed by atoms with Crippen LogP contribution in [0.25, 0.3) is 0 Å². The predicted octanol–water partition coefficient (Wildman–Crippen LogP) is 3.15. The molecule has 7 heteroatoms. The zero-order valence-corrected chi connectivity index (χ0v) is 15.1. The van der Waals surface area contributed by atoms with E-state index in [-0.39, 0.29) is 11.8 Å². The number of alkyl carbamates (subject to hydrolysis) is 1. The van der Waals surface area contributed by atoms with Gasteiger partial charge < -0.3 is 24.9 Å². The fourth-order valence-corrected chi connectivity index (χ4v) is 3.09. The highest BCUT2D eigenvalue weighted by atomic mass is 16.6. The Balaban J connectivity index is 1.89. The van der Waals surface area contributed by atoms with Crippen LogP contribution >= 0.6 is 0 Å². The lowest BCUT2D eigenvalue weighted by molar-refractivity contribution is 0.0516. The molecule has 1 unspecified atom stereocenters. The van der Waals surface area contributed by atoms with Crippen LogP contribution in [0.15, 0.2) is 16.5 Å². The smallest absolute Gasteiger partial charge is 0.407 e. The molecule has 140 valence electrons. The van der Waals surface area contributed by atoms with Crippen LogP contribution in [0.3, 0.4) is 0 Å². The number of ether oxygens (including phenoxy) is 1. The Morgan fingerprint density at radius 2 is 2.00 bits per heavy atom. The maximum atomic E-state index is 11.9. The van der Waals surface area contributed by atoms with E-state index in [9.17, 15) is 9.59 Å². The Morgan fingerprint density at radius 1 is 1.32 bits per heavy atom. The van der Waals surface area contributed by atoms with E-state index in [4.69, 9.17) is 14.3 Å². The van der Waals surface area contributed by atoms with Gasteiger partial charge in [0, 0.05) is 12.6 Å². The van der Waals surface area contributed by atoms with E-state index in [1.54, 1.807) is 6.07 Å². The summed E-state index contributed by atoms with van der Waals surface area (Å²) in [6, 6.07) is 3.19. The lowest BCUT2D eigenvalue weighted by atomic mass is 9.98. The van der Waals surface area contributed by atoms with Gasteiger partial charge in [0.15, 0.2) is 0 Å². The van der Waals surface area contributed by atoms with Crippen molar-refractivity contribution in [1.82, 2.24) is 10.6 Å². The van der Waals surface area contributed by atoms with E-state index >= 15 is 0 Å². The van der Waals surface area contributed by atoms with Gasteiger partial charge in [-0.1, -0.05) is 12.8 Å². The van der Waals surface area contributed by atoms with Crippen molar-refractivity contribution < 1.29 is 23.8 Å². The summed E-state index contributed by atoms with van der Waals surface area (Å²) >= 11 is 0. The molecule has 7 nitrogen and oxygen atoms in total. The predicted molar refractivity (Wildman–Crippen MR) is 92.5 cm³/mol. The second kappa shape index (κ2) is 8.38. The first-order valence-electron chi connectivity index (χ1n) is 8.77. The highest BCUT2D eigenvalue weighted by Gasteiger charge is 2.26. The van der Waals surface area contributed by atoms with Crippen molar-refractivity contribution in [3.8, 4) is 0 Å². The van der Waals surface area contributed by atoms with E-state index in [1.165, 1.54) is 18.9 Å². The molecule has 0 aromatic carbocycles. The molecule has 25 heavy (non-hydrogen) atoms. The molecular weight excluding hydrogens is 324 g/mol. The molecule has 0 saturated heterocycles. The number of carboxylic acids is 1. The number of carbonyl (C=O) groups is 2. The number of hydrogen-bond donors (Lipinski definition) is 3. The number of furan rings is 1. The maximum Gasteiger partial charge on any atom is 0.407 e. The van der Waals surface area contributed by atoms with Crippen molar-refractivity contribution in [2.75, 3.05) is 6.54 Å². The third kappa shape index (κ3) is 6.42. The molecule has 1 saturated carbocycles. The molecule has 1 aromatic rings. The van der Waals surface area contributed by atoms with Crippen LogP contribution in [0.2, 0.25) is 0 Å². The van der Waals surface area contributed by atoms with Crippen LogP contribution in [-0.2, 0) is 11.3 Å². The van der Waals surface area contributed by atoms with E-state index in [0.717, 1.165) is 12.8 Å². The Kier molecular flexibility index (Phi) is 6.47. The molecule has 0 bridgehead atoms. The second-order valence-corrected chi connectivity index (χ2v) is 7.49. The number of carbonyl (C=O) groups excluding carboxylic acids is 1. The van der Waals surface area contributed by atoms with Crippen molar-refractivity contribution in [2.24, 2.45) is 5.92 Å². The summed E-state index contributed by atoms with van der Waals surface area (Å²) in [6.45, 7) is 6.37. The lowest BCUT2D eigenvalue weighted by Gasteiger charge is -2.26. The van der Waals surface area contributed by atoms with Crippen molar-refractivity contribution in [3.05, 3.63) is 23.7 Å². The molecule has 1 heterocycles. The SMILES string of the molecule is CC(C)(C)OC(=O)NCC(NCc1ccc(C(=O)O)o1)C1CCCC1. The third-order valence-electron chi connectivity index (χ3n) is 4.24. The monoisotopic (exact) mass is 352 g/mol. The minimum atomic E-state index is -1.08. The molecule has 1 amide bonds. The summed E-state index contributed by atoms with van der Waals surface area (Å²) in [5.74, 6) is -0.104. The number of carboxylic acid groups (broad SMARTS) is 1. The highest BCUT2D eigenvalue weighted by Crippen LogP contribution is 2.28. The average Bonchev–Trinajstić information content (AvgIpc) is 3.16. The van der Waals surface area contributed by atoms with Crippen molar-refractivity contribution in [1.29, 1.82) is 0 Å². The minimum absolute atomic E-state index is 0.0684. The van der Waals surface area contributed by atoms with Gasteiger partial charge in [0.05, 0.1) is 6.54 Å². The first kappa shape index (κ1) is 19.3. The molecule has 3 N–H and O–H groups in total. The Hall–Kier alpha value is -2.02. The molecular formula is C18H28N2O5.